The molecule has 3 nitrogen and oxygen atoms in total. The molecular weight excluding hydrogens is 186 g/mol. The van der Waals surface area contributed by atoms with Crippen LogP contribution in [0.3, 0.4) is 0 Å². The summed E-state index contributed by atoms with van der Waals surface area (Å²) in [6.07, 6.45) is 1.86. The van der Waals surface area contributed by atoms with Gasteiger partial charge in [0.05, 0.1) is 0 Å². The van der Waals surface area contributed by atoms with Crippen LogP contribution in [0.25, 0.3) is 0 Å². The lowest BCUT2D eigenvalue weighted by molar-refractivity contribution is 0.509. The average molecular weight is 207 g/mol. The number of nitrogens with zero attached hydrogens (tertiary/aromatic N) is 1. The van der Waals surface area contributed by atoms with Gasteiger partial charge in [0.1, 0.15) is 0 Å². The van der Waals surface area contributed by atoms with Gasteiger partial charge < -0.3 is 10.6 Å². The fourth-order valence-corrected chi connectivity index (χ4v) is 1.44. The average Bonchev–Trinajstić information content (AvgIpc) is 2.23. The smallest absolute Gasteiger partial charge is 0.0375 e. The van der Waals surface area contributed by atoms with Gasteiger partial charge in [-0.3, -0.25) is 4.98 Å². The zero-order valence-corrected chi connectivity index (χ0v) is 9.88. The van der Waals surface area contributed by atoms with Crippen LogP contribution in [-0.4, -0.2) is 24.1 Å². The van der Waals surface area contributed by atoms with E-state index in [2.05, 4.69) is 41.6 Å². The van der Waals surface area contributed by atoms with Crippen molar-refractivity contribution in [1.29, 1.82) is 0 Å². The molecule has 1 rings (SSSR count). The molecule has 1 unspecified atom stereocenters. The highest BCUT2D eigenvalue weighted by atomic mass is 15.0. The number of likely N-dealkylation sites (N-methyl/N-ethyl adjacent to an activating group) is 1. The van der Waals surface area contributed by atoms with Crippen molar-refractivity contribution in [2.75, 3.05) is 13.1 Å². The van der Waals surface area contributed by atoms with E-state index in [9.17, 15) is 0 Å². The molecule has 2 N–H and O–H groups in total. The molecule has 0 bridgehead atoms. The normalized spacial score (nSPS) is 12.7. The monoisotopic (exact) mass is 207 g/mol. The molecular formula is C12H21N3. The number of aryl methyl sites for hydroxylation is 1. The van der Waals surface area contributed by atoms with E-state index < -0.39 is 0 Å². The van der Waals surface area contributed by atoms with Crippen LogP contribution in [0.1, 0.15) is 25.1 Å². The molecule has 3 heteroatoms. The lowest BCUT2D eigenvalue weighted by Gasteiger charge is -2.14. The van der Waals surface area contributed by atoms with Crippen LogP contribution in [0, 0.1) is 6.92 Å². The molecule has 1 atom stereocenters. The van der Waals surface area contributed by atoms with E-state index >= 15 is 0 Å². The summed E-state index contributed by atoms with van der Waals surface area (Å²) in [5.41, 5.74) is 2.37. The van der Waals surface area contributed by atoms with Gasteiger partial charge in [-0.05, 0) is 38.1 Å². The quantitative estimate of drug-likeness (QED) is 0.742. The van der Waals surface area contributed by atoms with Gasteiger partial charge in [0.2, 0.25) is 0 Å². The Hall–Kier alpha value is -0.930. The molecule has 0 fully saturated rings. The molecule has 0 saturated carbocycles. The van der Waals surface area contributed by atoms with Crippen LogP contribution >= 0.6 is 0 Å². The lowest BCUT2D eigenvalue weighted by Crippen LogP contribution is -2.35. The van der Waals surface area contributed by atoms with Crippen molar-refractivity contribution >= 4 is 0 Å². The second kappa shape index (κ2) is 6.53. The first kappa shape index (κ1) is 12.1. The summed E-state index contributed by atoms with van der Waals surface area (Å²) < 4.78 is 0. The summed E-state index contributed by atoms with van der Waals surface area (Å²) >= 11 is 0. The first-order valence-electron chi connectivity index (χ1n) is 5.58. The highest BCUT2D eigenvalue weighted by molar-refractivity contribution is 5.15. The maximum Gasteiger partial charge on any atom is 0.0375 e. The second-order valence-corrected chi connectivity index (χ2v) is 3.90. The first-order valence-corrected chi connectivity index (χ1v) is 5.58. The Morgan fingerprint density at radius 1 is 1.47 bits per heavy atom. The van der Waals surface area contributed by atoms with Gasteiger partial charge in [-0.2, -0.15) is 0 Å². The van der Waals surface area contributed by atoms with Gasteiger partial charge in [-0.1, -0.05) is 6.92 Å². The first-order chi connectivity index (χ1) is 7.22. The van der Waals surface area contributed by atoms with Crippen LogP contribution in [0.2, 0.25) is 0 Å². The Morgan fingerprint density at radius 2 is 2.27 bits per heavy atom. The standard InChI is InChI=1S/C12H21N3/c1-4-13-8-11(3)15-9-12-5-6-14-10(2)7-12/h5-7,11,13,15H,4,8-9H2,1-3H3. The minimum Gasteiger partial charge on any atom is -0.315 e. The summed E-state index contributed by atoms with van der Waals surface area (Å²) in [5, 5.41) is 6.79. The predicted molar refractivity (Wildman–Crippen MR) is 63.8 cm³/mol. The van der Waals surface area contributed by atoms with Gasteiger partial charge in [0.15, 0.2) is 0 Å². The maximum absolute atomic E-state index is 4.18. The summed E-state index contributed by atoms with van der Waals surface area (Å²) in [6.45, 7) is 9.29. The molecule has 1 aromatic rings. The number of hydrogen-bond donors (Lipinski definition) is 2. The van der Waals surface area contributed by atoms with E-state index in [1.807, 2.05) is 13.1 Å². The largest absolute Gasteiger partial charge is 0.315 e. The Morgan fingerprint density at radius 3 is 2.93 bits per heavy atom. The number of hydrogen-bond acceptors (Lipinski definition) is 3. The van der Waals surface area contributed by atoms with E-state index in [4.69, 9.17) is 0 Å². The lowest BCUT2D eigenvalue weighted by atomic mass is 10.2. The Balaban J connectivity index is 2.30. The molecule has 84 valence electrons. The SMILES string of the molecule is CCNCC(C)NCc1ccnc(C)c1. The maximum atomic E-state index is 4.18. The Bertz CT molecular complexity index is 286. The molecule has 0 spiro atoms. The zero-order valence-electron chi connectivity index (χ0n) is 9.88. The van der Waals surface area contributed by atoms with E-state index in [1.165, 1.54) is 5.56 Å². The molecule has 0 aromatic carbocycles. The summed E-state index contributed by atoms with van der Waals surface area (Å²) in [7, 11) is 0. The van der Waals surface area contributed by atoms with Crippen molar-refractivity contribution in [1.82, 2.24) is 15.6 Å². The topological polar surface area (TPSA) is 37.0 Å². The van der Waals surface area contributed by atoms with Crippen LogP contribution in [-0.2, 0) is 6.54 Å². The Labute approximate surface area is 92.3 Å². The van der Waals surface area contributed by atoms with Crippen molar-refractivity contribution in [3.8, 4) is 0 Å². The minimum absolute atomic E-state index is 0.499. The van der Waals surface area contributed by atoms with Crippen molar-refractivity contribution in [3.63, 3.8) is 0 Å². The number of aromatic nitrogens is 1. The molecule has 0 aliphatic carbocycles. The van der Waals surface area contributed by atoms with Gasteiger partial charge in [-0.15, -0.1) is 0 Å². The fourth-order valence-electron chi connectivity index (χ4n) is 1.44. The summed E-state index contributed by atoms with van der Waals surface area (Å²) in [5.74, 6) is 0. The fraction of sp³-hybridized carbons (Fsp3) is 0.583. The molecule has 0 aliphatic heterocycles. The van der Waals surface area contributed by atoms with Crippen molar-refractivity contribution in [2.24, 2.45) is 0 Å². The number of pyridine rings is 1. The predicted octanol–water partition coefficient (Wildman–Crippen LogP) is 1.48. The molecule has 15 heavy (non-hydrogen) atoms. The molecule has 0 saturated heterocycles. The van der Waals surface area contributed by atoms with Crippen LogP contribution < -0.4 is 10.6 Å². The van der Waals surface area contributed by atoms with Gasteiger partial charge in [0, 0.05) is 31.0 Å². The third-order valence-corrected chi connectivity index (χ3v) is 2.32. The molecule has 1 heterocycles. The van der Waals surface area contributed by atoms with Crippen molar-refractivity contribution in [2.45, 2.75) is 33.4 Å². The Kier molecular flexibility index (Phi) is 5.29. The highest BCUT2D eigenvalue weighted by Gasteiger charge is 2.00. The van der Waals surface area contributed by atoms with Crippen LogP contribution in [0.4, 0.5) is 0 Å². The number of nitrogens with one attached hydrogen (secondary N) is 2. The second-order valence-electron chi connectivity index (χ2n) is 3.90. The zero-order chi connectivity index (χ0) is 11.1. The van der Waals surface area contributed by atoms with Gasteiger partial charge >= 0.3 is 0 Å². The van der Waals surface area contributed by atoms with Gasteiger partial charge in [0.25, 0.3) is 0 Å². The summed E-state index contributed by atoms with van der Waals surface area (Å²) in [4.78, 5) is 4.18. The van der Waals surface area contributed by atoms with Crippen LogP contribution in [0.15, 0.2) is 18.3 Å². The highest BCUT2D eigenvalue weighted by Crippen LogP contribution is 2.00. The van der Waals surface area contributed by atoms with Crippen molar-refractivity contribution in [3.05, 3.63) is 29.6 Å². The minimum atomic E-state index is 0.499. The van der Waals surface area contributed by atoms with Crippen LogP contribution in [0.5, 0.6) is 0 Å². The van der Waals surface area contributed by atoms with E-state index in [0.29, 0.717) is 6.04 Å². The molecule has 0 aliphatic rings. The van der Waals surface area contributed by atoms with E-state index in [1.54, 1.807) is 0 Å². The van der Waals surface area contributed by atoms with Gasteiger partial charge in [-0.25, -0.2) is 0 Å². The van der Waals surface area contributed by atoms with E-state index in [-0.39, 0.29) is 0 Å². The number of rotatable bonds is 6. The van der Waals surface area contributed by atoms with E-state index in [0.717, 1.165) is 25.3 Å². The third kappa shape index (κ3) is 4.91. The molecule has 1 aromatic heterocycles. The third-order valence-electron chi connectivity index (χ3n) is 2.32. The summed E-state index contributed by atoms with van der Waals surface area (Å²) in [6, 6.07) is 4.67. The molecule has 0 amide bonds. The molecule has 0 radical (unpaired) electrons. The van der Waals surface area contributed by atoms with Crippen molar-refractivity contribution < 1.29 is 0 Å².